The van der Waals surface area contributed by atoms with Crippen molar-refractivity contribution in [1.29, 1.82) is 0 Å². The quantitative estimate of drug-likeness (QED) is 0.659. The molecule has 78 valence electrons. The predicted molar refractivity (Wildman–Crippen MR) is 55.4 cm³/mol. The van der Waals surface area contributed by atoms with Gasteiger partial charge in [0.25, 0.3) is 0 Å². The Balaban J connectivity index is 4.16. The molecule has 0 aromatic carbocycles. The van der Waals surface area contributed by atoms with Crippen molar-refractivity contribution in [2.75, 3.05) is 6.54 Å². The normalized spacial score (nSPS) is 11.4. The van der Waals surface area contributed by atoms with Crippen LogP contribution in [0.4, 0.5) is 0 Å². The van der Waals surface area contributed by atoms with Gasteiger partial charge in [-0.15, -0.1) is 0 Å². The van der Waals surface area contributed by atoms with Gasteiger partial charge in [-0.2, -0.15) is 0 Å². The first-order valence-electron chi connectivity index (χ1n) is 5.15. The number of hydrogen-bond acceptors (Lipinski definition) is 2. The summed E-state index contributed by atoms with van der Waals surface area (Å²) in [7, 11) is 0. The van der Waals surface area contributed by atoms with E-state index >= 15 is 0 Å². The van der Waals surface area contributed by atoms with Crippen LogP contribution in [0.2, 0.25) is 0 Å². The van der Waals surface area contributed by atoms with E-state index in [2.05, 4.69) is 26.1 Å². The molecule has 1 amide bonds. The van der Waals surface area contributed by atoms with Crippen molar-refractivity contribution in [2.45, 2.75) is 52.0 Å². The van der Waals surface area contributed by atoms with E-state index in [1.54, 1.807) is 0 Å². The third-order valence-corrected chi connectivity index (χ3v) is 2.81. The van der Waals surface area contributed by atoms with Gasteiger partial charge < -0.3 is 11.1 Å². The van der Waals surface area contributed by atoms with Crippen LogP contribution in [0.3, 0.4) is 0 Å². The first-order valence-corrected chi connectivity index (χ1v) is 5.15. The molecule has 3 N–H and O–H groups in total. The summed E-state index contributed by atoms with van der Waals surface area (Å²) < 4.78 is 0. The van der Waals surface area contributed by atoms with E-state index in [0.29, 0.717) is 13.0 Å². The zero-order valence-corrected chi connectivity index (χ0v) is 9.02. The molecule has 0 saturated heterocycles. The summed E-state index contributed by atoms with van der Waals surface area (Å²) in [6.45, 7) is 6.75. The van der Waals surface area contributed by atoms with E-state index < -0.39 is 0 Å². The van der Waals surface area contributed by atoms with Gasteiger partial charge in [-0.3, -0.25) is 4.79 Å². The fourth-order valence-electron chi connectivity index (χ4n) is 1.50. The number of amides is 1. The predicted octanol–water partition coefficient (Wildman–Crippen LogP) is 1.42. The van der Waals surface area contributed by atoms with E-state index in [0.717, 1.165) is 19.3 Å². The minimum atomic E-state index is -0.00769. The van der Waals surface area contributed by atoms with Crippen molar-refractivity contribution in [1.82, 2.24) is 5.32 Å². The molecule has 0 aliphatic rings. The van der Waals surface area contributed by atoms with Gasteiger partial charge in [0.1, 0.15) is 0 Å². The maximum atomic E-state index is 11.3. The molecule has 0 bridgehead atoms. The number of hydrogen-bond donors (Lipinski definition) is 2. The van der Waals surface area contributed by atoms with Crippen LogP contribution in [0, 0.1) is 0 Å². The Labute approximate surface area is 81.1 Å². The van der Waals surface area contributed by atoms with E-state index in [9.17, 15) is 4.79 Å². The van der Waals surface area contributed by atoms with Crippen molar-refractivity contribution in [3.8, 4) is 0 Å². The Kier molecular flexibility index (Phi) is 5.71. The van der Waals surface area contributed by atoms with Crippen LogP contribution in [0.15, 0.2) is 0 Å². The standard InChI is InChI=1S/C10H22N2O/c1-4-10(5-2,6-3)12-9(13)7-8-11/h4-8,11H2,1-3H3,(H,12,13). The second kappa shape index (κ2) is 5.97. The zero-order chi connectivity index (χ0) is 10.3. The fourth-order valence-corrected chi connectivity index (χ4v) is 1.50. The second-order valence-electron chi connectivity index (χ2n) is 3.43. The second-order valence-corrected chi connectivity index (χ2v) is 3.43. The zero-order valence-electron chi connectivity index (χ0n) is 9.02. The fraction of sp³-hybridized carbons (Fsp3) is 0.900. The topological polar surface area (TPSA) is 55.1 Å². The van der Waals surface area contributed by atoms with Crippen LogP contribution >= 0.6 is 0 Å². The highest BCUT2D eigenvalue weighted by Crippen LogP contribution is 2.18. The van der Waals surface area contributed by atoms with Crippen molar-refractivity contribution in [3.05, 3.63) is 0 Å². The molecule has 0 aliphatic heterocycles. The lowest BCUT2D eigenvalue weighted by atomic mass is 9.89. The summed E-state index contributed by atoms with van der Waals surface area (Å²) in [5.41, 5.74) is 5.30. The molecule has 0 heterocycles. The van der Waals surface area contributed by atoms with Gasteiger partial charge in [0, 0.05) is 18.5 Å². The van der Waals surface area contributed by atoms with Crippen molar-refractivity contribution in [3.63, 3.8) is 0 Å². The summed E-state index contributed by atoms with van der Waals surface area (Å²) in [6.07, 6.45) is 3.38. The molecule has 0 fully saturated rings. The van der Waals surface area contributed by atoms with Gasteiger partial charge in [0.2, 0.25) is 5.91 Å². The van der Waals surface area contributed by atoms with Gasteiger partial charge in [-0.1, -0.05) is 20.8 Å². The number of carbonyl (C=O) groups is 1. The molecule has 0 unspecified atom stereocenters. The summed E-state index contributed by atoms with van der Waals surface area (Å²) in [5, 5.41) is 3.06. The van der Waals surface area contributed by atoms with E-state index in [-0.39, 0.29) is 11.4 Å². The molecule has 3 heteroatoms. The van der Waals surface area contributed by atoms with Gasteiger partial charge in [0.05, 0.1) is 0 Å². The lowest BCUT2D eigenvalue weighted by Crippen LogP contribution is -2.47. The lowest BCUT2D eigenvalue weighted by Gasteiger charge is -2.31. The highest BCUT2D eigenvalue weighted by molar-refractivity contribution is 5.76. The lowest BCUT2D eigenvalue weighted by molar-refractivity contribution is -0.123. The van der Waals surface area contributed by atoms with E-state index in [1.165, 1.54) is 0 Å². The molecule has 0 rings (SSSR count). The molecular formula is C10H22N2O. The summed E-state index contributed by atoms with van der Waals surface area (Å²) in [5.74, 6) is 0.0769. The average molecular weight is 186 g/mol. The summed E-state index contributed by atoms with van der Waals surface area (Å²) >= 11 is 0. The molecule has 0 aromatic rings. The highest BCUT2D eigenvalue weighted by atomic mass is 16.1. The van der Waals surface area contributed by atoms with Gasteiger partial charge in [-0.05, 0) is 19.3 Å². The number of nitrogens with two attached hydrogens (primary N) is 1. The molecule has 13 heavy (non-hydrogen) atoms. The van der Waals surface area contributed by atoms with Crippen LogP contribution in [0.5, 0.6) is 0 Å². The Morgan fingerprint density at radius 1 is 1.23 bits per heavy atom. The average Bonchev–Trinajstić information content (AvgIpc) is 2.15. The molecule has 0 saturated carbocycles. The van der Waals surface area contributed by atoms with Gasteiger partial charge >= 0.3 is 0 Å². The SMILES string of the molecule is CCC(CC)(CC)NC(=O)CCN. The Bertz CT molecular complexity index is 145. The molecule has 3 nitrogen and oxygen atoms in total. The third kappa shape index (κ3) is 3.77. The molecule has 0 aliphatic carbocycles. The highest BCUT2D eigenvalue weighted by Gasteiger charge is 2.24. The van der Waals surface area contributed by atoms with Gasteiger partial charge in [-0.25, -0.2) is 0 Å². The van der Waals surface area contributed by atoms with Crippen LogP contribution in [0.25, 0.3) is 0 Å². The first kappa shape index (κ1) is 12.4. The molecule has 0 atom stereocenters. The maximum Gasteiger partial charge on any atom is 0.221 e. The Morgan fingerprint density at radius 2 is 1.69 bits per heavy atom. The number of nitrogens with one attached hydrogen (secondary N) is 1. The first-order chi connectivity index (χ1) is 6.14. The minimum absolute atomic E-state index is 0.00769. The number of rotatable bonds is 6. The van der Waals surface area contributed by atoms with Crippen molar-refractivity contribution < 1.29 is 4.79 Å². The van der Waals surface area contributed by atoms with Crippen LogP contribution in [-0.4, -0.2) is 18.0 Å². The Morgan fingerprint density at radius 3 is 2.00 bits per heavy atom. The molecule has 0 spiro atoms. The largest absolute Gasteiger partial charge is 0.351 e. The van der Waals surface area contributed by atoms with Crippen LogP contribution < -0.4 is 11.1 Å². The van der Waals surface area contributed by atoms with Crippen molar-refractivity contribution in [2.24, 2.45) is 5.73 Å². The molecule has 0 aromatic heterocycles. The summed E-state index contributed by atoms with van der Waals surface area (Å²) in [6, 6.07) is 0. The van der Waals surface area contributed by atoms with Crippen molar-refractivity contribution >= 4 is 5.91 Å². The Hall–Kier alpha value is -0.570. The monoisotopic (exact) mass is 186 g/mol. The number of carbonyl (C=O) groups excluding carboxylic acids is 1. The maximum absolute atomic E-state index is 11.3. The molecule has 0 radical (unpaired) electrons. The van der Waals surface area contributed by atoms with E-state index in [4.69, 9.17) is 5.73 Å². The smallest absolute Gasteiger partial charge is 0.221 e. The van der Waals surface area contributed by atoms with E-state index in [1.807, 2.05) is 0 Å². The van der Waals surface area contributed by atoms with Crippen LogP contribution in [0.1, 0.15) is 46.5 Å². The third-order valence-electron chi connectivity index (χ3n) is 2.81. The minimum Gasteiger partial charge on any atom is -0.351 e. The summed E-state index contributed by atoms with van der Waals surface area (Å²) in [4.78, 5) is 11.3. The molecular weight excluding hydrogens is 164 g/mol. The van der Waals surface area contributed by atoms with Gasteiger partial charge in [0.15, 0.2) is 0 Å². The van der Waals surface area contributed by atoms with Crippen LogP contribution in [-0.2, 0) is 4.79 Å².